The van der Waals surface area contributed by atoms with Gasteiger partial charge in [0, 0.05) is 6.54 Å². The maximum atomic E-state index is 13.4. The van der Waals surface area contributed by atoms with E-state index in [4.69, 9.17) is 0 Å². The lowest BCUT2D eigenvalue weighted by Crippen LogP contribution is -2.44. The van der Waals surface area contributed by atoms with Crippen LogP contribution in [0.4, 0.5) is 8.78 Å². The van der Waals surface area contributed by atoms with Crippen LogP contribution in [0.5, 0.6) is 0 Å². The summed E-state index contributed by atoms with van der Waals surface area (Å²) in [4.78, 5) is 10.6. The van der Waals surface area contributed by atoms with Crippen LogP contribution in [0.25, 0.3) is 0 Å². The first-order valence-corrected chi connectivity index (χ1v) is 7.01. The fourth-order valence-corrected chi connectivity index (χ4v) is 2.65. The Morgan fingerprint density at radius 3 is 2.58 bits per heavy atom. The number of carbonyl (C=O) groups excluding carboxylic acids is 1. The van der Waals surface area contributed by atoms with E-state index < -0.39 is 38.5 Å². The number of hydrogen-bond acceptors (Lipinski definition) is 3. The van der Waals surface area contributed by atoms with E-state index in [9.17, 15) is 22.0 Å². The number of carbonyl (C=O) groups is 1. The van der Waals surface area contributed by atoms with Gasteiger partial charge >= 0.3 is 0 Å². The van der Waals surface area contributed by atoms with Crippen LogP contribution in [0.15, 0.2) is 23.1 Å². The summed E-state index contributed by atoms with van der Waals surface area (Å²) < 4.78 is 52.0. The van der Waals surface area contributed by atoms with Crippen molar-refractivity contribution < 1.29 is 22.0 Å². The van der Waals surface area contributed by atoms with Crippen molar-refractivity contribution in [3.8, 4) is 0 Å². The summed E-state index contributed by atoms with van der Waals surface area (Å²) in [6, 6.07) is 0.984. The second kappa shape index (κ2) is 6.07. The predicted molar refractivity (Wildman–Crippen MR) is 64.8 cm³/mol. The molecular weight excluding hydrogens is 278 g/mol. The van der Waals surface area contributed by atoms with Gasteiger partial charge in [0.05, 0.1) is 6.04 Å². The first-order valence-electron chi connectivity index (χ1n) is 5.53. The molecule has 0 aliphatic heterocycles. The van der Waals surface area contributed by atoms with Crippen LogP contribution < -0.4 is 10.0 Å². The minimum Gasteiger partial charge on any atom is -0.355 e. The van der Waals surface area contributed by atoms with E-state index in [-0.39, 0.29) is 0 Å². The van der Waals surface area contributed by atoms with Crippen LogP contribution in [0.2, 0.25) is 0 Å². The Kier molecular flexibility index (Phi) is 4.96. The number of sulfonamides is 1. The number of likely N-dealkylation sites (N-methyl/N-ethyl adjacent to an activating group) is 1. The van der Waals surface area contributed by atoms with Crippen molar-refractivity contribution in [1.82, 2.24) is 10.0 Å². The predicted octanol–water partition coefficient (Wildman–Crippen LogP) is 0.768. The van der Waals surface area contributed by atoms with Crippen LogP contribution in [-0.4, -0.2) is 26.9 Å². The highest BCUT2D eigenvalue weighted by atomic mass is 32.2. The minimum atomic E-state index is -4.30. The normalized spacial score (nSPS) is 13.1. The van der Waals surface area contributed by atoms with Gasteiger partial charge in [-0.25, -0.2) is 17.2 Å². The summed E-state index contributed by atoms with van der Waals surface area (Å²) in [6.45, 7) is 3.31. The quantitative estimate of drug-likeness (QED) is 0.841. The number of rotatable bonds is 5. The molecule has 0 fully saturated rings. The molecule has 1 amide bonds. The van der Waals surface area contributed by atoms with E-state index in [1.165, 1.54) is 6.92 Å². The maximum Gasteiger partial charge on any atom is 0.244 e. The van der Waals surface area contributed by atoms with E-state index in [1.54, 1.807) is 6.92 Å². The molecule has 0 heterocycles. The summed E-state index contributed by atoms with van der Waals surface area (Å²) >= 11 is 0. The summed E-state index contributed by atoms with van der Waals surface area (Å²) in [6.07, 6.45) is 0. The lowest BCUT2D eigenvalue weighted by molar-refractivity contribution is -0.122. The molecule has 1 atom stereocenters. The van der Waals surface area contributed by atoms with Gasteiger partial charge in [0.15, 0.2) is 0 Å². The van der Waals surface area contributed by atoms with Crippen molar-refractivity contribution in [2.24, 2.45) is 0 Å². The van der Waals surface area contributed by atoms with Crippen molar-refractivity contribution in [3.63, 3.8) is 0 Å². The van der Waals surface area contributed by atoms with E-state index in [2.05, 4.69) is 5.32 Å². The maximum absolute atomic E-state index is 13.4. The van der Waals surface area contributed by atoms with Gasteiger partial charge in [-0.05, 0) is 32.0 Å². The first kappa shape index (κ1) is 15.5. The molecule has 8 heteroatoms. The van der Waals surface area contributed by atoms with Gasteiger partial charge in [0.1, 0.15) is 16.5 Å². The Bertz CT molecular complexity index is 575. The number of halogens is 2. The third-order valence-electron chi connectivity index (χ3n) is 2.26. The van der Waals surface area contributed by atoms with Crippen molar-refractivity contribution in [3.05, 3.63) is 29.8 Å². The Morgan fingerprint density at radius 2 is 2.00 bits per heavy atom. The van der Waals surface area contributed by atoms with E-state index >= 15 is 0 Å². The highest BCUT2D eigenvalue weighted by molar-refractivity contribution is 7.89. The summed E-state index contributed by atoms with van der Waals surface area (Å²) in [5.74, 6) is -2.52. The van der Waals surface area contributed by atoms with Gasteiger partial charge in [-0.2, -0.15) is 4.72 Å². The molecule has 1 aromatic rings. The molecule has 5 nitrogen and oxygen atoms in total. The van der Waals surface area contributed by atoms with Gasteiger partial charge in [0.25, 0.3) is 0 Å². The van der Waals surface area contributed by atoms with E-state index in [0.29, 0.717) is 18.7 Å². The fraction of sp³-hybridized carbons (Fsp3) is 0.364. The molecule has 0 unspecified atom stereocenters. The van der Waals surface area contributed by atoms with Gasteiger partial charge in [-0.3, -0.25) is 4.79 Å². The van der Waals surface area contributed by atoms with Crippen LogP contribution >= 0.6 is 0 Å². The van der Waals surface area contributed by atoms with Crippen molar-refractivity contribution in [1.29, 1.82) is 0 Å². The zero-order valence-corrected chi connectivity index (χ0v) is 11.2. The zero-order chi connectivity index (χ0) is 14.6. The molecular formula is C11H14F2N2O3S. The number of nitrogens with one attached hydrogen (secondary N) is 2. The number of benzene rings is 1. The van der Waals surface area contributed by atoms with E-state index in [0.717, 1.165) is 6.07 Å². The minimum absolute atomic E-state index is 0.333. The van der Waals surface area contributed by atoms with E-state index in [1.807, 2.05) is 4.72 Å². The van der Waals surface area contributed by atoms with Gasteiger partial charge in [-0.1, -0.05) is 0 Å². The molecule has 2 N–H and O–H groups in total. The van der Waals surface area contributed by atoms with Gasteiger partial charge in [-0.15, -0.1) is 0 Å². The third-order valence-corrected chi connectivity index (χ3v) is 3.81. The molecule has 106 valence electrons. The average molecular weight is 292 g/mol. The number of hydrogen-bond donors (Lipinski definition) is 2. The molecule has 0 aromatic heterocycles. The Hall–Kier alpha value is -1.54. The lowest BCUT2D eigenvalue weighted by atomic mass is 10.3. The highest BCUT2D eigenvalue weighted by Crippen LogP contribution is 2.15. The summed E-state index contributed by atoms with van der Waals surface area (Å²) in [5, 5.41) is 2.41. The Balaban J connectivity index is 2.99. The molecule has 0 radical (unpaired) electrons. The molecule has 0 saturated carbocycles. The molecule has 0 spiro atoms. The van der Waals surface area contributed by atoms with Gasteiger partial charge < -0.3 is 5.32 Å². The zero-order valence-electron chi connectivity index (χ0n) is 10.4. The van der Waals surface area contributed by atoms with Crippen molar-refractivity contribution in [2.45, 2.75) is 24.8 Å². The SMILES string of the molecule is CCNC(=O)[C@@H](C)NS(=O)(=O)c1cc(F)ccc1F. The third kappa shape index (κ3) is 3.97. The second-order valence-corrected chi connectivity index (χ2v) is 5.49. The standard InChI is InChI=1S/C11H14F2N2O3S/c1-3-14-11(16)7(2)15-19(17,18)10-6-8(12)4-5-9(10)13/h4-7,15H,3H2,1-2H3,(H,14,16)/t7-/m1/s1. The fourth-order valence-electron chi connectivity index (χ4n) is 1.36. The molecule has 0 saturated heterocycles. The van der Waals surface area contributed by atoms with Crippen LogP contribution in [-0.2, 0) is 14.8 Å². The van der Waals surface area contributed by atoms with Gasteiger partial charge in [0.2, 0.25) is 15.9 Å². The largest absolute Gasteiger partial charge is 0.355 e. The molecule has 0 bridgehead atoms. The van der Waals surface area contributed by atoms with Crippen molar-refractivity contribution in [2.75, 3.05) is 6.54 Å². The van der Waals surface area contributed by atoms with Crippen LogP contribution in [0.1, 0.15) is 13.8 Å². The Labute approximate surface area is 110 Å². The summed E-state index contributed by atoms with van der Waals surface area (Å²) in [7, 11) is -4.30. The molecule has 0 aliphatic carbocycles. The highest BCUT2D eigenvalue weighted by Gasteiger charge is 2.24. The smallest absolute Gasteiger partial charge is 0.244 e. The first-order chi connectivity index (χ1) is 8.77. The lowest BCUT2D eigenvalue weighted by Gasteiger charge is -2.14. The molecule has 1 aromatic carbocycles. The molecule has 19 heavy (non-hydrogen) atoms. The number of amides is 1. The average Bonchev–Trinajstić information content (AvgIpc) is 2.31. The van der Waals surface area contributed by atoms with Crippen LogP contribution in [0, 0.1) is 11.6 Å². The molecule has 1 rings (SSSR count). The second-order valence-electron chi connectivity index (χ2n) is 3.81. The topological polar surface area (TPSA) is 75.3 Å². The van der Waals surface area contributed by atoms with Crippen molar-refractivity contribution >= 4 is 15.9 Å². The molecule has 0 aliphatic rings. The Morgan fingerprint density at radius 1 is 1.37 bits per heavy atom. The summed E-state index contributed by atoms with van der Waals surface area (Å²) in [5.41, 5.74) is 0. The van der Waals surface area contributed by atoms with Crippen LogP contribution in [0.3, 0.4) is 0 Å². The monoisotopic (exact) mass is 292 g/mol.